The summed E-state index contributed by atoms with van der Waals surface area (Å²) in [5.74, 6) is 0.577. The topological polar surface area (TPSA) is 76.3 Å². The minimum atomic E-state index is -0.311. The normalized spacial score (nSPS) is 40.9. The molecule has 4 unspecified atom stereocenters. The minimum absolute atomic E-state index is 0.0579. The number of morpholine rings is 1. The first-order chi connectivity index (χ1) is 15.8. The highest BCUT2D eigenvalue weighted by molar-refractivity contribution is 5.69. The number of carbonyl (C=O) groups excluding carboxylic acids is 1. The number of ether oxygens (including phenoxy) is 5. The molecule has 0 radical (unpaired) electrons. The van der Waals surface area contributed by atoms with E-state index >= 15 is 0 Å². The third-order valence-corrected chi connectivity index (χ3v) is 8.32. The van der Waals surface area contributed by atoms with Gasteiger partial charge in [-0.15, -0.1) is 0 Å². The molecule has 4 aliphatic heterocycles. The van der Waals surface area contributed by atoms with E-state index in [1.54, 1.807) is 7.11 Å². The largest absolute Gasteiger partial charge is 0.443 e. The average molecular weight is 465 g/mol. The van der Waals surface area contributed by atoms with Crippen molar-refractivity contribution in [3.63, 3.8) is 0 Å². The van der Waals surface area contributed by atoms with Crippen LogP contribution in [0, 0.1) is 11.8 Å². The molecule has 4 saturated heterocycles. The quantitative estimate of drug-likeness (QED) is 0.423. The molecule has 5 aliphatic rings. The molecule has 5 rings (SSSR count). The summed E-state index contributed by atoms with van der Waals surface area (Å²) in [6, 6.07) is 0. The van der Waals surface area contributed by atoms with E-state index < -0.39 is 0 Å². The van der Waals surface area contributed by atoms with E-state index in [4.69, 9.17) is 23.7 Å². The second kappa shape index (κ2) is 9.11. The van der Waals surface area contributed by atoms with Gasteiger partial charge in [0.1, 0.15) is 23.4 Å². The number of hydrogen-bond acceptors (Lipinski definition) is 7. The molecule has 5 fully saturated rings. The third kappa shape index (κ3) is 4.69. The van der Waals surface area contributed by atoms with Crippen molar-refractivity contribution in [1.82, 2.24) is 9.80 Å². The Morgan fingerprint density at radius 1 is 1.21 bits per heavy atom. The van der Waals surface area contributed by atoms with Crippen molar-refractivity contribution >= 4 is 6.09 Å². The fourth-order valence-electron chi connectivity index (χ4n) is 6.26. The van der Waals surface area contributed by atoms with Crippen LogP contribution >= 0.6 is 0 Å². The molecule has 1 amide bonds. The van der Waals surface area contributed by atoms with Crippen molar-refractivity contribution in [1.29, 1.82) is 0 Å². The summed E-state index contributed by atoms with van der Waals surface area (Å²) in [6.07, 6.45) is 4.21. The molecule has 0 aromatic rings. The van der Waals surface area contributed by atoms with Crippen LogP contribution in [0.3, 0.4) is 0 Å². The Morgan fingerprint density at radius 2 is 1.94 bits per heavy atom. The van der Waals surface area contributed by atoms with Crippen LogP contribution in [0.4, 0.5) is 4.79 Å². The van der Waals surface area contributed by atoms with Crippen LogP contribution in [0.5, 0.6) is 0 Å². The van der Waals surface area contributed by atoms with Crippen molar-refractivity contribution in [3.05, 3.63) is 11.6 Å². The van der Waals surface area contributed by atoms with Crippen LogP contribution in [0.25, 0.3) is 0 Å². The number of amides is 1. The molecule has 8 heteroatoms. The van der Waals surface area contributed by atoms with Gasteiger partial charge in [-0.1, -0.05) is 11.6 Å². The van der Waals surface area contributed by atoms with Crippen LogP contribution < -0.4 is 0 Å². The Kier molecular flexibility index (Phi) is 6.50. The van der Waals surface area contributed by atoms with Gasteiger partial charge in [0.2, 0.25) is 0 Å². The van der Waals surface area contributed by atoms with Crippen LogP contribution in [0.2, 0.25) is 0 Å². The van der Waals surface area contributed by atoms with Crippen LogP contribution in [-0.2, 0) is 23.7 Å². The minimum Gasteiger partial charge on any atom is -0.443 e. The molecule has 1 aliphatic carbocycles. The van der Waals surface area contributed by atoms with Gasteiger partial charge in [0.05, 0.1) is 31.8 Å². The number of carbonyl (C=O) groups is 1. The summed E-state index contributed by atoms with van der Waals surface area (Å²) in [4.78, 5) is 17.2. The van der Waals surface area contributed by atoms with E-state index in [-0.39, 0.29) is 41.5 Å². The Hall–Kier alpha value is -1.19. The second-order valence-corrected chi connectivity index (χ2v) is 11.0. The highest BCUT2D eigenvalue weighted by Gasteiger charge is 2.72. The van der Waals surface area contributed by atoms with E-state index in [1.807, 2.05) is 4.90 Å². The van der Waals surface area contributed by atoms with E-state index in [0.717, 1.165) is 71.8 Å². The van der Waals surface area contributed by atoms with Gasteiger partial charge in [-0.05, 0) is 40.0 Å². The lowest BCUT2D eigenvalue weighted by Crippen LogP contribution is -2.58. The second-order valence-electron chi connectivity index (χ2n) is 11.0. The Labute approximate surface area is 197 Å². The number of epoxide rings is 2. The van der Waals surface area contributed by atoms with Crippen LogP contribution in [-0.4, -0.2) is 105 Å². The zero-order valence-electron chi connectivity index (χ0n) is 20.6. The molecule has 8 nitrogen and oxygen atoms in total. The van der Waals surface area contributed by atoms with Gasteiger partial charge in [0.15, 0.2) is 0 Å². The Bertz CT molecular complexity index is 754. The van der Waals surface area contributed by atoms with Crippen molar-refractivity contribution in [3.8, 4) is 0 Å². The number of hydrogen-bond donors (Lipinski definition) is 0. The molecular formula is C25H40N2O6. The predicted molar refractivity (Wildman–Crippen MR) is 122 cm³/mol. The standard InChI is InChI=1S/C25H40N2O6/c1-17(2)5-6-20-24(3,33-20)22-21(29-4)19(7-8-25(22)16-31-25)32-23(28)27-14-18(15-27)13-26-9-11-30-12-10-26/h5,18-22H,6-16H2,1-4H3/t19?,20-,21?,22?,24+,25?/m1/s1. The molecule has 0 bridgehead atoms. The van der Waals surface area contributed by atoms with Crippen LogP contribution in [0.15, 0.2) is 11.6 Å². The fraction of sp³-hybridized carbons (Fsp3) is 0.880. The van der Waals surface area contributed by atoms with E-state index in [2.05, 4.69) is 31.7 Å². The van der Waals surface area contributed by atoms with E-state index in [9.17, 15) is 4.79 Å². The third-order valence-electron chi connectivity index (χ3n) is 8.32. The van der Waals surface area contributed by atoms with Gasteiger partial charge < -0.3 is 28.6 Å². The molecule has 0 aromatic carbocycles. The lowest BCUT2D eigenvalue weighted by Gasteiger charge is -2.45. The summed E-state index contributed by atoms with van der Waals surface area (Å²) in [6.45, 7) is 13.3. The highest BCUT2D eigenvalue weighted by atomic mass is 16.6. The summed E-state index contributed by atoms with van der Waals surface area (Å²) in [7, 11) is 1.72. The number of likely N-dealkylation sites (tertiary alicyclic amines) is 1. The number of rotatable bonds is 7. The first-order valence-corrected chi connectivity index (χ1v) is 12.6. The maximum atomic E-state index is 12.9. The van der Waals surface area contributed by atoms with Crippen LogP contribution in [0.1, 0.15) is 40.0 Å². The van der Waals surface area contributed by atoms with E-state index in [1.165, 1.54) is 5.57 Å². The van der Waals surface area contributed by atoms with Crippen molar-refractivity contribution < 1.29 is 28.5 Å². The maximum Gasteiger partial charge on any atom is 0.410 e. The predicted octanol–water partition coefficient (Wildman–Crippen LogP) is 2.46. The number of nitrogens with zero attached hydrogens (tertiary/aromatic N) is 2. The van der Waals surface area contributed by atoms with Crippen molar-refractivity contribution in [2.75, 3.05) is 59.7 Å². The molecule has 4 heterocycles. The lowest BCUT2D eigenvalue weighted by molar-refractivity contribution is -0.125. The molecular weight excluding hydrogens is 424 g/mol. The molecule has 33 heavy (non-hydrogen) atoms. The first-order valence-electron chi connectivity index (χ1n) is 12.6. The monoisotopic (exact) mass is 464 g/mol. The zero-order chi connectivity index (χ0) is 23.2. The van der Waals surface area contributed by atoms with Gasteiger partial charge in [0.25, 0.3) is 0 Å². The smallest absolute Gasteiger partial charge is 0.410 e. The molecule has 0 aromatic heterocycles. The SMILES string of the molecule is COC1C(OC(=O)N2CC(CN3CCOCC3)C2)CCC2(CO2)C1[C@@]1(C)O[C@@H]1CC=C(C)C. The van der Waals surface area contributed by atoms with Gasteiger partial charge in [-0.25, -0.2) is 4.79 Å². The first kappa shape index (κ1) is 23.5. The van der Waals surface area contributed by atoms with E-state index in [0.29, 0.717) is 5.92 Å². The average Bonchev–Trinajstić information content (AvgIpc) is 3.68. The number of methoxy groups -OCH3 is 1. The molecule has 6 atom stereocenters. The lowest BCUT2D eigenvalue weighted by atomic mass is 9.68. The molecule has 1 spiro atoms. The zero-order valence-corrected chi connectivity index (χ0v) is 20.6. The summed E-state index contributed by atoms with van der Waals surface area (Å²) < 4.78 is 29.7. The highest BCUT2D eigenvalue weighted by Crippen LogP contribution is 2.59. The van der Waals surface area contributed by atoms with Crippen molar-refractivity contribution in [2.24, 2.45) is 11.8 Å². The summed E-state index contributed by atoms with van der Waals surface area (Å²) >= 11 is 0. The summed E-state index contributed by atoms with van der Waals surface area (Å²) in [5, 5.41) is 0. The Morgan fingerprint density at radius 3 is 2.58 bits per heavy atom. The Balaban J connectivity index is 1.17. The van der Waals surface area contributed by atoms with Crippen molar-refractivity contribution in [2.45, 2.75) is 69.5 Å². The number of allylic oxidation sites excluding steroid dienone is 1. The van der Waals surface area contributed by atoms with Gasteiger partial charge in [0, 0.05) is 45.8 Å². The molecule has 1 saturated carbocycles. The molecule has 0 N–H and O–H groups in total. The van der Waals surface area contributed by atoms with Gasteiger partial charge in [-0.2, -0.15) is 0 Å². The maximum absolute atomic E-state index is 12.9. The fourth-order valence-corrected chi connectivity index (χ4v) is 6.26. The van der Waals surface area contributed by atoms with Gasteiger partial charge >= 0.3 is 6.09 Å². The summed E-state index contributed by atoms with van der Waals surface area (Å²) in [5.41, 5.74) is 0.789. The molecule has 186 valence electrons. The van der Waals surface area contributed by atoms with Gasteiger partial charge in [-0.3, -0.25) is 4.90 Å².